The normalized spacial score (nSPS) is 15.2. The fourth-order valence-corrected chi connectivity index (χ4v) is 2.07. The van der Waals surface area contributed by atoms with Crippen LogP contribution in [0.3, 0.4) is 0 Å². The molecule has 0 unspecified atom stereocenters. The van der Waals surface area contributed by atoms with Crippen molar-refractivity contribution in [3.63, 3.8) is 0 Å². The standard InChI is InChI=1S/C14H15NO3/c16-10-2-1-3-11-4-6-12(7-5-11)15-13(17)8-9-14(15)18/h4-7,10H,1-3,8-9H2. The van der Waals surface area contributed by atoms with E-state index in [0.717, 1.165) is 24.7 Å². The summed E-state index contributed by atoms with van der Waals surface area (Å²) in [6.07, 6.45) is 3.74. The fourth-order valence-electron chi connectivity index (χ4n) is 2.07. The van der Waals surface area contributed by atoms with Crippen molar-refractivity contribution in [2.75, 3.05) is 4.90 Å². The van der Waals surface area contributed by atoms with E-state index in [2.05, 4.69) is 0 Å². The summed E-state index contributed by atoms with van der Waals surface area (Å²) in [5.41, 5.74) is 1.75. The summed E-state index contributed by atoms with van der Waals surface area (Å²) in [5.74, 6) is -0.262. The first-order chi connectivity index (χ1) is 8.72. The van der Waals surface area contributed by atoms with E-state index in [1.54, 1.807) is 12.1 Å². The smallest absolute Gasteiger partial charge is 0.234 e. The van der Waals surface area contributed by atoms with Crippen molar-refractivity contribution >= 4 is 23.8 Å². The van der Waals surface area contributed by atoms with Gasteiger partial charge in [-0.15, -0.1) is 0 Å². The van der Waals surface area contributed by atoms with E-state index < -0.39 is 0 Å². The van der Waals surface area contributed by atoms with Crippen LogP contribution in [-0.4, -0.2) is 18.1 Å². The van der Waals surface area contributed by atoms with Gasteiger partial charge in [-0.1, -0.05) is 12.1 Å². The molecule has 0 bridgehead atoms. The number of amides is 2. The minimum absolute atomic E-state index is 0.131. The van der Waals surface area contributed by atoms with Crippen LogP contribution in [0.4, 0.5) is 5.69 Å². The zero-order valence-electron chi connectivity index (χ0n) is 10.1. The molecule has 2 rings (SSSR count). The average molecular weight is 245 g/mol. The maximum atomic E-state index is 11.5. The number of aldehydes is 1. The Kier molecular flexibility index (Phi) is 3.87. The zero-order chi connectivity index (χ0) is 13.0. The molecule has 0 radical (unpaired) electrons. The Bertz CT molecular complexity index is 448. The number of hydrogen-bond acceptors (Lipinski definition) is 3. The van der Waals surface area contributed by atoms with E-state index in [-0.39, 0.29) is 11.8 Å². The van der Waals surface area contributed by atoms with Crippen molar-refractivity contribution in [3.05, 3.63) is 29.8 Å². The lowest BCUT2D eigenvalue weighted by atomic mass is 10.1. The lowest BCUT2D eigenvalue weighted by molar-refractivity contribution is -0.121. The number of unbranched alkanes of at least 4 members (excludes halogenated alkanes) is 1. The molecular formula is C14H15NO3. The third-order valence-corrected chi connectivity index (χ3v) is 3.03. The van der Waals surface area contributed by atoms with Crippen LogP contribution in [0.25, 0.3) is 0 Å². The second kappa shape index (κ2) is 5.58. The predicted molar refractivity (Wildman–Crippen MR) is 67.2 cm³/mol. The molecule has 1 aromatic rings. The minimum atomic E-state index is -0.131. The molecule has 1 aliphatic rings. The molecule has 0 N–H and O–H groups in total. The maximum Gasteiger partial charge on any atom is 0.234 e. The van der Waals surface area contributed by atoms with Crippen molar-refractivity contribution in [1.29, 1.82) is 0 Å². The van der Waals surface area contributed by atoms with Crippen molar-refractivity contribution in [2.45, 2.75) is 32.1 Å². The Balaban J connectivity index is 2.05. The van der Waals surface area contributed by atoms with Gasteiger partial charge in [-0.3, -0.25) is 14.5 Å². The second-order valence-corrected chi connectivity index (χ2v) is 4.35. The molecule has 0 atom stereocenters. The van der Waals surface area contributed by atoms with Crippen LogP contribution in [0.15, 0.2) is 24.3 Å². The Morgan fingerprint density at radius 2 is 1.67 bits per heavy atom. The summed E-state index contributed by atoms with van der Waals surface area (Å²) in [7, 11) is 0. The first kappa shape index (κ1) is 12.5. The van der Waals surface area contributed by atoms with Crippen LogP contribution < -0.4 is 4.90 Å². The number of aryl methyl sites for hydroxylation is 1. The molecule has 1 heterocycles. The average Bonchev–Trinajstić information content (AvgIpc) is 2.71. The van der Waals surface area contributed by atoms with Gasteiger partial charge in [0, 0.05) is 19.3 Å². The molecule has 94 valence electrons. The molecule has 4 heteroatoms. The van der Waals surface area contributed by atoms with Crippen molar-refractivity contribution in [2.24, 2.45) is 0 Å². The van der Waals surface area contributed by atoms with Gasteiger partial charge in [-0.25, -0.2) is 0 Å². The minimum Gasteiger partial charge on any atom is -0.303 e. The first-order valence-corrected chi connectivity index (χ1v) is 6.11. The molecule has 0 saturated carbocycles. The monoisotopic (exact) mass is 245 g/mol. The molecule has 0 spiro atoms. The number of benzene rings is 1. The fraction of sp³-hybridized carbons (Fsp3) is 0.357. The van der Waals surface area contributed by atoms with Gasteiger partial charge in [0.05, 0.1) is 5.69 Å². The summed E-state index contributed by atoms with van der Waals surface area (Å²) < 4.78 is 0. The van der Waals surface area contributed by atoms with Crippen LogP contribution in [-0.2, 0) is 20.8 Å². The molecule has 1 fully saturated rings. The lowest BCUT2D eigenvalue weighted by Gasteiger charge is -2.14. The summed E-state index contributed by atoms with van der Waals surface area (Å²) in [6, 6.07) is 7.38. The molecule has 18 heavy (non-hydrogen) atoms. The molecule has 4 nitrogen and oxygen atoms in total. The third-order valence-electron chi connectivity index (χ3n) is 3.03. The van der Waals surface area contributed by atoms with E-state index in [0.29, 0.717) is 24.9 Å². The molecule has 1 aromatic carbocycles. The highest BCUT2D eigenvalue weighted by Gasteiger charge is 2.29. The van der Waals surface area contributed by atoms with E-state index >= 15 is 0 Å². The molecular weight excluding hydrogens is 230 g/mol. The van der Waals surface area contributed by atoms with Crippen molar-refractivity contribution in [1.82, 2.24) is 0 Å². The molecule has 2 amide bonds. The summed E-state index contributed by atoms with van der Waals surface area (Å²) in [6.45, 7) is 0. The summed E-state index contributed by atoms with van der Waals surface area (Å²) >= 11 is 0. The Labute approximate surface area is 106 Å². The van der Waals surface area contributed by atoms with Crippen LogP contribution in [0, 0.1) is 0 Å². The van der Waals surface area contributed by atoms with Crippen LogP contribution in [0.2, 0.25) is 0 Å². The first-order valence-electron chi connectivity index (χ1n) is 6.11. The van der Waals surface area contributed by atoms with Gasteiger partial charge in [0.25, 0.3) is 0 Å². The van der Waals surface area contributed by atoms with Crippen LogP contribution in [0.5, 0.6) is 0 Å². The summed E-state index contributed by atoms with van der Waals surface area (Å²) in [4.78, 5) is 34.6. The zero-order valence-corrected chi connectivity index (χ0v) is 10.1. The number of rotatable bonds is 5. The SMILES string of the molecule is O=CCCCc1ccc(N2C(=O)CCC2=O)cc1. The Hall–Kier alpha value is -1.97. The van der Waals surface area contributed by atoms with Crippen LogP contribution in [0.1, 0.15) is 31.2 Å². The van der Waals surface area contributed by atoms with Crippen LogP contribution >= 0.6 is 0 Å². The maximum absolute atomic E-state index is 11.5. The van der Waals surface area contributed by atoms with Gasteiger partial charge in [0.15, 0.2) is 0 Å². The highest BCUT2D eigenvalue weighted by atomic mass is 16.2. The molecule has 1 saturated heterocycles. The number of carbonyl (C=O) groups is 3. The van der Waals surface area contributed by atoms with Gasteiger partial charge >= 0.3 is 0 Å². The number of anilines is 1. The van der Waals surface area contributed by atoms with Gasteiger partial charge in [-0.05, 0) is 30.5 Å². The number of carbonyl (C=O) groups excluding carboxylic acids is 3. The van der Waals surface area contributed by atoms with Crippen molar-refractivity contribution < 1.29 is 14.4 Å². The quantitative estimate of drug-likeness (QED) is 0.452. The number of hydrogen-bond donors (Lipinski definition) is 0. The molecule has 1 aliphatic heterocycles. The lowest BCUT2D eigenvalue weighted by Crippen LogP contribution is -2.28. The Morgan fingerprint density at radius 3 is 2.22 bits per heavy atom. The summed E-state index contributed by atoms with van der Waals surface area (Å²) in [5, 5.41) is 0. The van der Waals surface area contributed by atoms with E-state index in [1.807, 2.05) is 12.1 Å². The van der Waals surface area contributed by atoms with Gasteiger partial charge < -0.3 is 4.79 Å². The Morgan fingerprint density at radius 1 is 1.06 bits per heavy atom. The van der Waals surface area contributed by atoms with E-state index in [9.17, 15) is 14.4 Å². The van der Waals surface area contributed by atoms with Crippen molar-refractivity contribution in [3.8, 4) is 0 Å². The second-order valence-electron chi connectivity index (χ2n) is 4.35. The van der Waals surface area contributed by atoms with E-state index in [4.69, 9.17) is 0 Å². The topological polar surface area (TPSA) is 54.5 Å². The van der Waals surface area contributed by atoms with Gasteiger partial charge in [0.1, 0.15) is 6.29 Å². The molecule has 0 aromatic heterocycles. The van der Waals surface area contributed by atoms with Gasteiger partial charge in [-0.2, -0.15) is 0 Å². The highest BCUT2D eigenvalue weighted by molar-refractivity contribution is 6.19. The number of imide groups is 1. The third kappa shape index (κ3) is 2.64. The largest absolute Gasteiger partial charge is 0.303 e. The predicted octanol–water partition coefficient (Wildman–Crippen LogP) is 1.86. The number of nitrogens with zero attached hydrogens (tertiary/aromatic N) is 1. The van der Waals surface area contributed by atoms with Gasteiger partial charge in [0.2, 0.25) is 11.8 Å². The van der Waals surface area contributed by atoms with E-state index in [1.165, 1.54) is 4.90 Å². The molecule has 0 aliphatic carbocycles. The highest BCUT2D eigenvalue weighted by Crippen LogP contribution is 2.23.